The van der Waals surface area contributed by atoms with E-state index in [-0.39, 0.29) is 5.82 Å². The van der Waals surface area contributed by atoms with Crippen LogP contribution < -0.4 is 0 Å². The number of carbonyl (C=O) groups is 1. The second-order valence-corrected chi connectivity index (χ2v) is 3.78. The molecule has 0 saturated heterocycles. The van der Waals surface area contributed by atoms with Crippen molar-refractivity contribution in [1.82, 2.24) is 20.2 Å². The van der Waals surface area contributed by atoms with Gasteiger partial charge in [0.25, 0.3) is 0 Å². The molecule has 1 aromatic heterocycles. The van der Waals surface area contributed by atoms with E-state index in [1.54, 1.807) is 0 Å². The van der Waals surface area contributed by atoms with E-state index in [0.29, 0.717) is 6.29 Å². The molecule has 0 radical (unpaired) electrons. The van der Waals surface area contributed by atoms with Gasteiger partial charge in [0, 0.05) is 3.57 Å². The van der Waals surface area contributed by atoms with Crippen molar-refractivity contribution in [3.63, 3.8) is 0 Å². The summed E-state index contributed by atoms with van der Waals surface area (Å²) in [6.07, 6.45) is 0.567. The number of hydrogen-bond acceptors (Lipinski definition) is 4. The van der Waals surface area contributed by atoms with Crippen LogP contribution in [0.4, 0.5) is 0 Å². The highest BCUT2D eigenvalue weighted by atomic mass is 127. The molecule has 0 atom stereocenters. The number of tetrazole rings is 1. The Labute approximate surface area is 93.3 Å². The summed E-state index contributed by atoms with van der Waals surface area (Å²) in [5.74, 6) is 0.0869. The molecular weight excluding hydrogens is 295 g/mol. The molecule has 0 N–H and O–H groups in total. The molecule has 0 unspecified atom stereocenters. The summed E-state index contributed by atoms with van der Waals surface area (Å²) in [5.41, 5.74) is 0.789. The third-order valence-corrected chi connectivity index (χ3v) is 2.24. The van der Waals surface area contributed by atoms with Crippen LogP contribution in [0.15, 0.2) is 24.3 Å². The maximum atomic E-state index is 10.3. The van der Waals surface area contributed by atoms with Gasteiger partial charge in [0.2, 0.25) is 5.82 Å². The first-order valence-electron chi connectivity index (χ1n) is 3.81. The van der Waals surface area contributed by atoms with Crippen molar-refractivity contribution in [2.75, 3.05) is 0 Å². The highest BCUT2D eigenvalue weighted by Gasteiger charge is 2.02. The van der Waals surface area contributed by atoms with Gasteiger partial charge in [0.05, 0.1) is 5.69 Å². The van der Waals surface area contributed by atoms with Gasteiger partial charge in [-0.25, -0.2) is 0 Å². The number of nitrogens with zero attached hydrogens (tertiary/aromatic N) is 4. The van der Waals surface area contributed by atoms with Crippen LogP contribution >= 0.6 is 22.6 Å². The zero-order valence-corrected chi connectivity index (χ0v) is 9.12. The highest BCUT2D eigenvalue weighted by Crippen LogP contribution is 2.09. The molecule has 0 saturated carbocycles. The normalized spacial score (nSPS) is 10.1. The second-order valence-electron chi connectivity index (χ2n) is 2.53. The molecule has 1 heterocycles. The second kappa shape index (κ2) is 3.82. The smallest absolute Gasteiger partial charge is 0.237 e. The molecule has 70 valence electrons. The molecule has 0 aliphatic rings. The number of benzene rings is 1. The summed E-state index contributed by atoms with van der Waals surface area (Å²) in [5, 5.41) is 11.2. The lowest BCUT2D eigenvalue weighted by molar-refractivity contribution is 0.111. The van der Waals surface area contributed by atoms with Gasteiger partial charge in [-0.1, -0.05) is 6.07 Å². The number of aromatic nitrogens is 4. The molecule has 1 aromatic carbocycles. The fourth-order valence-corrected chi connectivity index (χ4v) is 1.51. The van der Waals surface area contributed by atoms with Gasteiger partial charge < -0.3 is 0 Å². The van der Waals surface area contributed by atoms with Crippen molar-refractivity contribution in [1.29, 1.82) is 0 Å². The third-order valence-electron chi connectivity index (χ3n) is 1.57. The monoisotopic (exact) mass is 300 g/mol. The first-order chi connectivity index (χ1) is 6.79. The summed E-state index contributed by atoms with van der Waals surface area (Å²) < 4.78 is 1.07. The van der Waals surface area contributed by atoms with Crippen LogP contribution in [0.3, 0.4) is 0 Å². The van der Waals surface area contributed by atoms with Crippen LogP contribution in [0.25, 0.3) is 5.69 Å². The lowest BCUT2D eigenvalue weighted by Gasteiger charge is -1.97. The molecule has 2 aromatic rings. The predicted molar refractivity (Wildman–Crippen MR) is 57.3 cm³/mol. The number of hydrogen-bond donors (Lipinski definition) is 0. The van der Waals surface area contributed by atoms with E-state index in [1.807, 2.05) is 24.3 Å². The molecule has 0 spiro atoms. The molecule has 14 heavy (non-hydrogen) atoms. The minimum absolute atomic E-state index is 0.0869. The summed E-state index contributed by atoms with van der Waals surface area (Å²) in [7, 11) is 0. The number of aldehydes is 1. The molecule has 0 fully saturated rings. The van der Waals surface area contributed by atoms with E-state index >= 15 is 0 Å². The van der Waals surface area contributed by atoms with Crippen molar-refractivity contribution in [3.8, 4) is 5.69 Å². The van der Waals surface area contributed by atoms with Crippen molar-refractivity contribution in [3.05, 3.63) is 33.7 Å². The van der Waals surface area contributed by atoms with Gasteiger partial charge in [-0.15, -0.1) is 15.0 Å². The van der Waals surface area contributed by atoms with Gasteiger partial charge in [-0.2, -0.15) is 0 Å². The van der Waals surface area contributed by atoms with Crippen LogP contribution in [0.1, 0.15) is 10.6 Å². The minimum atomic E-state index is 0.0869. The molecule has 2 rings (SSSR count). The van der Waals surface area contributed by atoms with Crippen LogP contribution in [0, 0.1) is 3.57 Å². The lowest BCUT2D eigenvalue weighted by atomic mass is 10.3. The Bertz CT molecular complexity index is 468. The Kier molecular flexibility index (Phi) is 2.53. The number of rotatable bonds is 2. The maximum absolute atomic E-state index is 10.3. The molecular formula is C8H5IN4O. The molecule has 6 heteroatoms. The largest absolute Gasteiger partial charge is 0.294 e. The third kappa shape index (κ3) is 1.79. The quantitative estimate of drug-likeness (QED) is 0.615. The molecule has 5 nitrogen and oxygen atoms in total. The van der Waals surface area contributed by atoms with Gasteiger partial charge in [0.15, 0.2) is 6.29 Å². The van der Waals surface area contributed by atoms with Crippen molar-refractivity contribution in [2.24, 2.45) is 0 Å². The van der Waals surface area contributed by atoms with Gasteiger partial charge in [-0.3, -0.25) is 4.79 Å². The summed E-state index contributed by atoms with van der Waals surface area (Å²) >= 11 is 2.19. The van der Waals surface area contributed by atoms with Gasteiger partial charge in [0.1, 0.15) is 0 Å². The first-order valence-corrected chi connectivity index (χ1v) is 4.88. The summed E-state index contributed by atoms with van der Waals surface area (Å²) in [4.78, 5) is 11.7. The van der Waals surface area contributed by atoms with E-state index in [1.165, 1.54) is 4.80 Å². The van der Waals surface area contributed by atoms with E-state index in [4.69, 9.17) is 0 Å². The van der Waals surface area contributed by atoms with Gasteiger partial charge in [-0.05, 0) is 46.0 Å². The fraction of sp³-hybridized carbons (Fsp3) is 0. The van der Waals surface area contributed by atoms with Crippen molar-refractivity contribution >= 4 is 28.9 Å². The van der Waals surface area contributed by atoms with E-state index in [2.05, 4.69) is 38.0 Å². The number of carbonyl (C=O) groups excluding carboxylic acids is 1. The average Bonchev–Trinajstić information content (AvgIpc) is 2.66. The fourth-order valence-electron chi connectivity index (χ4n) is 0.982. The summed E-state index contributed by atoms with van der Waals surface area (Å²) in [6.45, 7) is 0. The van der Waals surface area contributed by atoms with Crippen molar-refractivity contribution in [2.45, 2.75) is 0 Å². The maximum Gasteiger partial charge on any atom is 0.237 e. The van der Waals surface area contributed by atoms with E-state index in [0.717, 1.165) is 9.26 Å². The molecule has 0 aliphatic heterocycles. The SMILES string of the molecule is O=Cc1nnn(-c2cccc(I)c2)n1. The Morgan fingerprint density at radius 3 is 2.93 bits per heavy atom. The average molecular weight is 300 g/mol. The van der Waals surface area contributed by atoms with Crippen molar-refractivity contribution < 1.29 is 4.79 Å². The van der Waals surface area contributed by atoms with E-state index in [9.17, 15) is 4.79 Å². The van der Waals surface area contributed by atoms with Crippen LogP contribution in [0.2, 0.25) is 0 Å². The Balaban J connectivity index is 2.43. The predicted octanol–water partition coefficient (Wildman–Crippen LogP) is 1.08. The van der Waals surface area contributed by atoms with Crippen LogP contribution in [-0.4, -0.2) is 26.5 Å². The van der Waals surface area contributed by atoms with Crippen LogP contribution in [0.5, 0.6) is 0 Å². The highest BCUT2D eigenvalue weighted by molar-refractivity contribution is 14.1. The number of halogens is 1. The summed E-state index contributed by atoms with van der Waals surface area (Å²) in [6, 6.07) is 7.60. The zero-order valence-electron chi connectivity index (χ0n) is 6.96. The standard InChI is InChI=1S/C8H5IN4O/c9-6-2-1-3-7(4-6)13-11-8(5-14)10-12-13/h1-5H. The Morgan fingerprint density at radius 1 is 1.43 bits per heavy atom. The topological polar surface area (TPSA) is 60.7 Å². The first kappa shape index (κ1) is 9.25. The van der Waals surface area contributed by atoms with E-state index < -0.39 is 0 Å². The Morgan fingerprint density at radius 2 is 2.29 bits per heavy atom. The Hall–Kier alpha value is -1.31. The zero-order chi connectivity index (χ0) is 9.97. The molecule has 0 bridgehead atoms. The van der Waals surface area contributed by atoms with Crippen LogP contribution in [-0.2, 0) is 0 Å². The molecule has 0 aliphatic carbocycles. The van der Waals surface area contributed by atoms with Gasteiger partial charge >= 0.3 is 0 Å². The molecule has 0 amide bonds. The lowest BCUT2D eigenvalue weighted by Crippen LogP contribution is -1.99. The minimum Gasteiger partial charge on any atom is -0.294 e.